The first-order valence-electron chi connectivity index (χ1n) is 12.1. The van der Waals surface area contributed by atoms with E-state index in [9.17, 15) is 4.79 Å². The van der Waals surface area contributed by atoms with E-state index >= 15 is 0 Å². The summed E-state index contributed by atoms with van der Waals surface area (Å²) in [6, 6.07) is 25.0. The summed E-state index contributed by atoms with van der Waals surface area (Å²) in [5.74, 6) is 1.20. The van der Waals surface area contributed by atoms with Crippen molar-refractivity contribution in [1.29, 1.82) is 0 Å². The average Bonchev–Trinajstić information content (AvgIpc) is 3.27. The molecule has 5 rings (SSSR count). The molecule has 0 aliphatic rings. The molecule has 0 atom stereocenters. The van der Waals surface area contributed by atoms with Gasteiger partial charge >= 0.3 is 6.03 Å². The highest BCUT2D eigenvalue weighted by Crippen LogP contribution is 2.39. The summed E-state index contributed by atoms with van der Waals surface area (Å²) in [6.45, 7) is 2.72. The Balaban J connectivity index is 1.19. The molecule has 3 aromatic carbocycles. The minimum absolute atomic E-state index is 0.276. The number of hydrogen-bond donors (Lipinski definition) is 3. The van der Waals surface area contributed by atoms with E-state index < -0.39 is 0 Å². The highest BCUT2D eigenvalue weighted by Gasteiger charge is 2.19. The van der Waals surface area contributed by atoms with Crippen LogP contribution in [0.5, 0.6) is 0 Å². The lowest BCUT2D eigenvalue weighted by atomic mass is 10.1. The Labute approximate surface area is 219 Å². The van der Waals surface area contributed by atoms with Gasteiger partial charge in [-0.1, -0.05) is 73.1 Å². The molecule has 0 saturated carbocycles. The van der Waals surface area contributed by atoms with Crippen molar-refractivity contribution in [2.24, 2.45) is 0 Å². The van der Waals surface area contributed by atoms with Crippen LogP contribution in [-0.2, 0) is 12.8 Å². The van der Waals surface area contributed by atoms with Crippen LogP contribution < -0.4 is 16.0 Å². The molecule has 0 fully saturated rings. The quantitative estimate of drug-likeness (QED) is 0.202. The van der Waals surface area contributed by atoms with Gasteiger partial charge in [-0.15, -0.1) is 0 Å². The van der Waals surface area contributed by atoms with Gasteiger partial charge in [0.2, 0.25) is 5.71 Å². The van der Waals surface area contributed by atoms with E-state index in [0.29, 0.717) is 34.2 Å². The number of urea groups is 1. The molecule has 8 heteroatoms. The Hall–Kier alpha value is -4.36. The Morgan fingerprint density at radius 3 is 2.46 bits per heavy atom. The summed E-state index contributed by atoms with van der Waals surface area (Å²) in [7, 11) is 0. The van der Waals surface area contributed by atoms with Crippen LogP contribution >= 0.6 is 11.6 Å². The highest BCUT2D eigenvalue weighted by molar-refractivity contribution is 6.38. The first kappa shape index (κ1) is 24.3. The average molecular weight is 512 g/mol. The van der Waals surface area contributed by atoms with Crippen LogP contribution in [-0.4, -0.2) is 22.5 Å². The largest absolute Gasteiger partial charge is 0.436 e. The molecule has 0 aliphatic heterocycles. The smallest absolute Gasteiger partial charge is 0.323 e. The number of aryl methyl sites for hydroxylation is 1. The number of hydrogen-bond acceptors (Lipinski definition) is 5. The van der Waals surface area contributed by atoms with Gasteiger partial charge in [0.25, 0.3) is 0 Å². The van der Waals surface area contributed by atoms with Crippen LogP contribution in [0.3, 0.4) is 0 Å². The Morgan fingerprint density at radius 1 is 0.892 bits per heavy atom. The maximum absolute atomic E-state index is 12.4. The lowest BCUT2D eigenvalue weighted by molar-refractivity contribution is 0.262. The summed E-state index contributed by atoms with van der Waals surface area (Å²) in [6.07, 6.45) is 3.13. The molecular formula is C29H26ClN5O2. The zero-order chi connectivity index (χ0) is 25.6. The fraction of sp³-hybridized carbons (Fsp3) is 0.138. The lowest BCUT2D eigenvalue weighted by Gasteiger charge is -2.10. The van der Waals surface area contributed by atoms with Gasteiger partial charge in [-0.2, -0.15) is 0 Å². The number of furan rings is 1. The lowest BCUT2D eigenvalue weighted by Crippen LogP contribution is -2.19. The summed E-state index contributed by atoms with van der Waals surface area (Å²) in [5.41, 5.74) is 5.10. The zero-order valence-electron chi connectivity index (χ0n) is 20.3. The van der Waals surface area contributed by atoms with Crippen molar-refractivity contribution in [2.75, 3.05) is 22.5 Å². The predicted octanol–water partition coefficient (Wildman–Crippen LogP) is 7.40. The third-order valence-electron chi connectivity index (χ3n) is 5.98. The van der Waals surface area contributed by atoms with Crippen LogP contribution in [0.1, 0.15) is 18.1 Å². The molecule has 0 unspecified atom stereocenters. The molecular weight excluding hydrogens is 486 g/mol. The Bertz CT molecular complexity index is 1520. The van der Waals surface area contributed by atoms with Crippen LogP contribution in [0, 0.1) is 0 Å². The number of carbonyl (C=O) groups is 1. The van der Waals surface area contributed by atoms with Crippen molar-refractivity contribution < 1.29 is 9.21 Å². The number of benzene rings is 3. The minimum Gasteiger partial charge on any atom is -0.436 e. The third kappa shape index (κ3) is 5.73. The standard InChI is InChI=1S/C29H26ClN5O2/c1-2-19-7-6-10-23(17-19)35-29(36)34-22-13-11-20(12-14-22)15-16-31-27-24-25(30)26(21-8-4-3-5-9-21)37-28(24)33-18-32-27/h3-14,17-18H,2,15-16H2,1H3,(H,31,32,33)(H2,34,35,36). The van der Waals surface area contributed by atoms with Gasteiger partial charge in [-0.05, 0) is 48.2 Å². The number of rotatable bonds is 8. The molecule has 186 valence electrons. The Morgan fingerprint density at radius 2 is 1.68 bits per heavy atom. The minimum atomic E-state index is -0.276. The van der Waals surface area contributed by atoms with E-state index in [4.69, 9.17) is 16.0 Å². The van der Waals surface area contributed by atoms with Crippen molar-refractivity contribution in [2.45, 2.75) is 19.8 Å². The number of halogens is 1. The van der Waals surface area contributed by atoms with Crippen molar-refractivity contribution >= 4 is 45.9 Å². The summed E-state index contributed by atoms with van der Waals surface area (Å²) >= 11 is 6.66. The van der Waals surface area contributed by atoms with E-state index in [2.05, 4.69) is 32.8 Å². The molecule has 7 nitrogen and oxygen atoms in total. The van der Waals surface area contributed by atoms with Gasteiger partial charge in [0.15, 0.2) is 5.76 Å². The van der Waals surface area contributed by atoms with Crippen molar-refractivity contribution in [1.82, 2.24) is 9.97 Å². The molecule has 0 spiro atoms. The highest BCUT2D eigenvalue weighted by atomic mass is 35.5. The molecule has 2 aromatic heterocycles. The first-order valence-corrected chi connectivity index (χ1v) is 12.5. The van der Waals surface area contributed by atoms with Crippen molar-refractivity contribution in [3.8, 4) is 11.3 Å². The summed E-state index contributed by atoms with van der Waals surface area (Å²) < 4.78 is 5.92. The second-order valence-electron chi connectivity index (χ2n) is 8.52. The van der Waals surface area contributed by atoms with Gasteiger partial charge in [-0.25, -0.2) is 14.8 Å². The number of amides is 2. The second-order valence-corrected chi connectivity index (χ2v) is 8.90. The van der Waals surface area contributed by atoms with Gasteiger partial charge in [0.05, 0.1) is 0 Å². The molecule has 5 aromatic rings. The SMILES string of the molecule is CCc1cccc(NC(=O)Nc2ccc(CCNc3ncnc4oc(-c5ccccc5)c(Cl)c34)cc2)c1. The van der Waals surface area contributed by atoms with Gasteiger partial charge < -0.3 is 20.4 Å². The van der Waals surface area contributed by atoms with E-state index in [0.717, 1.165) is 35.3 Å². The maximum atomic E-state index is 12.4. The second kappa shape index (κ2) is 11.1. The van der Waals surface area contributed by atoms with E-state index in [1.54, 1.807) is 0 Å². The Kier molecular flexibility index (Phi) is 7.33. The topological polar surface area (TPSA) is 92.1 Å². The maximum Gasteiger partial charge on any atom is 0.323 e. The predicted molar refractivity (Wildman–Crippen MR) is 149 cm³/mol. The number of fused-ring (bicyclic) bond motifs is 1. The molecule has 0 radical (unpaired) electrons. The normalized spacial score (nSPS) is 10.9. The van der Waals surface area contributed by atoms with E-state index in [-0.39, 0.29) is 6.03 Å². The van der Waals surface area contributed by atoms with Gasteiger partial charge in [-0.3, -0.25) is 0 Å². The zero-order valence-corrected chi connectivity index (χ0v) is 21.0. The number of anilines is 3. The molecule has 0 saturated heterocycles. The third-order valence-corrected chi connectivity index (χ3v) is 6.34. The van der Waals surface area contributed by atoms with E-state index in [1.165, 1.54) is 11.9 Å². The van der Waals surface area contributed by atoms with Gasteiger partial charge in [0, 0.05) is 23.5 Å². The molecule has 3 N–H and O–H groups in total. The fourth-order valence-corrected chi connectivity index (χ4v) is 4.37. The fourth-order valence-electron chi connectivity index (χ4n) is 4.05. The molecule has 0 bridgehead atoms. The van der Waals surface area contributed by atoms with Crippen LogP contribution in [0.25, 0.3) is 22.4 Å². The van der Waals surface area contributed by atoms with Gasteiger partial charge in [0.1, 0.15) is 22.6 Å². The number of nitrogens with one attached hydrogen (secondary N) is 3. The van der Waals surface area contributed by atoms with Crippen molar-refractivity contribution in [3.05, 3.63) is 101 Å². The summed E-state index contributed by atoms with van der Waals surface area (Å²) in [5, 5.41) is 10.2. The van der Waals surface area contributed by atoms with Crippen LogP contribution in [0.15, 0.2) is 89.6 Å². The number of aromatic nitrogens is 2. The number of carbonyl (C=O) groups excluding carboxylic acids is 1. The van der Waals surface area contributed by atoms with Crippen molar-refractivity contribution in [3.63, 3.8) is 0 Å². The molecule has 0 aliphatic carbocycles. The monoisotopic (exact) mass is 511 g/mol. The molecule has 37 heavy (non-hydrogen) atoms. The molecule has 2 heterocycles. The molecule has 2 amide bonds. The number of nitrogens with zero attached hydrogens (tertiary/aromatic N) is 2. The van der Waals surface area contributed by atoms with Crippen LogP contribution in [0.2, 0.25) is 5.02 Å². The van der Waals surface area contributed by atoms with E-state index in [1.807, 2.05) is 78.9 Å². The first-order chi connectivity index (χ1) is 18.1. The van der Waals surface area contributed by atoms with Crippen LogP contribution in [0.4, 0.5) is 22.0 Å². The summed E-state index contributed by atoms with van der Waals surface area (Å²) in [4.78, 5) is 21.0.